The van der Waals surface area contributed by atoms with Crippen LogP contribution < -0.4 is 0 Å². The van der Waals surface area contributed by atoms with Gasteiger partial charge >= 0.3 is 39.5 Å². The average molecular weight is 1440 g/mol. The molecule has 0 saturated carbocycles. The van der Waals surface area contributed by atoms with Crippen LogP contribution in [0.4, 0.5) is 0 Å². The van der Waals surface area contributed by atoms with Crippen molar-refractivity contribution in [3.05, 3.63) is 146 Å². The first-order valence-electron chi connectivity index (χ1n) is 38.1. The molecular weight excluding hydrogens is 1310 g/mol. The Kier molecular flexibility index (Phi) is 68.6. The zero-order valence-corrected chi connectivity index (χ0v) is 63.9. The second-order valence-corrected chi connectivity index (χ2v) is 27.7. The quantitative estimate of drug-likeness (QED) is 0.0169. The lowest BCUT2D eigenvalue weighted by atomic mass is 10.1. The van der Waals surface area contributed by atoms with Crippen molar-refractivity contribution in [1.82, 2.24) is 0 Å². The van der Waals surface area contributed by atoms with Crippen molar-refractivity contribution < 1.29 is 80.2 Å². The first-order valence-corrected chi connectivity index (χ1v) is 41.1. The van der Waals surface area contributed by atoms with Crippen molar-refractivity contribution in [1.29, 1.82) is 0 Å². The molecule has 5 atom stereocenters. The fraction of sp³-hybridized carbons (Fsp3) is 0.654. The van der Waals surface area contributed by atoms with Crippen LogP contribution in [0.1, 0.15) is 285 Å². The molecule has 0 heterocycles. The standard InChI is InChI=1S/C81H134O17P2/c1-5-9-13-17-21-25-29-33-35-36-37-38-40-44-46-50-54-58-62-66-79(84)92-72-77(98-81(86)68-64-60-56-52-48-42-32-28-24-20-16-12-8-4)74-96-100(89,90)94-70-75(82)69-93-99(87,88)95-73-76(97-80(85)67-63-59-55-51-47-41-31-27-23-19-15-11-7-3)71-91-78(83)65-61-57-53-49-45-43-39-34-30-26-22-18-14-10-6-2/h9-10,13-14,16,20-22,25-28,31-35,37-39,44,46,54,58,75-77,82H,5-8,11-12,15,17-19,23-24,29-30,36,40-43,45,47-53,55-57,59-74H2,1-4H3,(H,87,88)(H,89,90)/b13-9-,14-10-,20-16-,25-21-,26-22-,31-27-,32-28-,35-33-,38-37-,39-34-,46-44-,58-54-. The number of carbonyl (C=O) groups excluding carboxylic acids is 4. The number of rotatable bonds is 70. The van der Waals surface area contributed by atoms with Crippen LogP contribution in [0.3, 0.4) is 0 Å². The molecule has 19 heteroatoms. The van der Waals surface area contributed by atoms with Crippen molar-refractivity contribution in [2.24, 2.45) is 0 Å². The van der Waals surface area contributed by atoms with Gasteiger partial charge in [0.1, 0.15) is 19.3 Å². The summed E-state index contributed by atoms with van der Waals surface area (Å²) in [6.45, 7) is 4.42. The van der Waals surface area contributed by atoms with Crippen LogP contribution in [0.15, 0.2) is 146 Å². The third-order valence-corrected chi connectivity index (χ3v) is 17.2. The van der Waals surface area contributed by atoms with Gasteiger partial charge < -0.3 is 33.8 Å². The molecule has 0 radical (unpaired) electrons. The van der Waals surface area contributed by atoms with E-state index in [1.807, 2.05) is 18.2 Å². The molecule has 5 unspecified atom stereocenters. The van der Waals surface area contributed by atoms with Crippen LogP contribution in [-0.4, -0.2) is 96.7 Å². The van der Waals surface area contributed by atoms with E-state index < -0.39 is 97.5 Å². The van der Waals surface area contributed by atoms with Crippen molar-refractivity contribution in [3.63, 3.8) is 0 Å². The van der Waals surface area contributed by atoms with E-state index in [9.17, 15) is 43.2 Å². The molecule has 0 aromatic heterocycles. The van der Waals surface area contributed by atoms with Gasteiger partial charge in [0, 0.05) is 25.7 Å². The summed E-state index contributed by atoms with van der Waals surface area (Å²) >= 11 is 0. The fourth-order valence-corrected chi connectivity index (χ4v) is 11.1. The maximum atomic E-state index is 13.1. The van der Waals surface area contributed by atoms with Crippen LogP contribution in [0.25, 0.3) is 0 Å². The molecule has 0 aliphatic carbocycles. The Morgan fingerprint density at radius 3 is 0.910 bits per heavy atom. The first kappa shape index (κ1) is 94.9. The van der Waals surface area contributed by atoms with E-state index in [2.05, 4.69) is 155 Å². The van der Waals surface area contributed by atoms with E-state index in [4.69, 9.17) is 37.0 Å². The summed E-state index contributed by atoms with van der Waals surface area (Å²) in [5, 5.41) is 10.6. The molecule has 0 amide bonds. The lowest BCUT2D eigenvalue weighted by Crippen LogP contribution is -2.30. The van der Waals surface area contributed by atoms with Gasteiger partial charge in [0.15, 0.2) is 12.2 Å². The summed E-state index contributed by atoms with van der Waals surface area (Å²) in [5.74, 6) is -2.32. The number of carbonyl (C=O) groups is 4. The normalized spacial score (nSPS) is 14.8. The summed E-state index contributed by atoms with van der Waals surface area (Å²) in [5.41, 5.74) is 0. The Bertz CT molecular complexity index is 2470. The lowest BCUT2D eigenvalue weighted by molar-refractivity contribution is -0.161. The van der Waals surface area contributed by atoms with Crippen LogP contribution in [0.5, 0.6) is 0 Å². The van der Waals surface area contributed by atoms with Crippen molar-refractivity contribution >= 4 is 39.5 Å². The molecule has 0 aromatic rings. The number of phosphoric acid groups is 2. The maximum absolute atomic E-state index is 13.1. The fourth-order valence-electron chi connectivity index (χ4n) is 9.53. The third-order valence-electron chi connectivity index (χ3n) is 15.3. The highest BCUT2D eigenvalue weighted by atomic mass is 31.2. The van der Waals surface area contributed by atoms with E-state index in [0.29, 0.717) is 32.1 Å². The molecule has 0 aliphatic rings. The van der Waals surface area contributed by atoms with Gasteiger partial charge in [-0.05, 0) is 148 Å². The number of hydrogen-bond acceptors (Lipinski definition) is 15. The molecule has 0 aromatic carbocycles. The SMILES string of the molecule is CC/C=C\C/C=C\C/C=C\C/C=C\C/C=C\C/C=C\CCC(=O)OCC(COP(=O)(O)OCC(O)COP(=O)(O)OCC(COC(=O)CCCCCCC/C=C\C/C=C\C/C=C\CC)OC(=O)CCCCCCC/C=C\CCCCCC)OC(=O)CCCCCCC/C=C\C/C=C\CCC. The highest BCUT2D eigenvalue weighted by Crippen LogP contribution is 2.45. The van der Waals surface area contributed by atoms with Crippen molar-refractivity contribution in [2.45, 2.75) is 303 Å². The van der Waals surface area contributed by atoms with Gasteiger partial charge in [0.2, 0.25) is 0 Å². The number of phosphoric ester groups is 2. The molecule has 100 heavy (non-hydrogen) atoms. The Balaban J connectivity index is 5.43. The summed E-state index contributed by atoms with van der Waals surface area (Å²) in [7, 11) is -9.99. The molecule has 0 fully saturated rings. The molecule has 0 bridgehead atoms. The van der Waals surface area contributed by atoms with Gasteiger partial charge in [0.25, 0.3) is 0 Å². The number of ether oxygens (including phenoxy) is 4. The largest absolute Gasteiger partial charge is 0.472 e. The van der Waals surface area contributed by atoms with E-state index in [1.165, 1.54) is 25.7 Å². The van der Waals surface area contributed by atoms with Gasteiger partial charge in [-0.25, -0.2) is 9.13 Å². The number of allylic oxidation sites excluding steroid dienone is 24. The molecular formula is C81H134O17P2. The highest BCUT2D eigenvalue weighted by molar-refractivity contribution is 7.47. The second-order valence-electron chi connectivity index (χ2n) is 24.8. The molecule has 0 aliphatic heterocycles. The molecule has 570 valence electrons. The Hall–Kier alpha value is -5.06. The van der Waals surface area contributed by atoms with Crippen LogP contribution in [0.2, 0.25) is 0 Å². The van der Waals surface area contributed by atoms with Gasteiger partial charge in [-0.3, -0.25) is 37.3 Å². The number of unbranched alkanes of at least 4 members (excludes halogenated alkanes) is 20. The van der Waals surface area contributed by atoms with Crippen molar-refractivity contribution in [3.8, 4) is 0 Å². The van der Waals surface area contributed by atoms with E-state index in [0.717, 1.165) is 173 Å². The molecule has 0 saturated heterocycles. The topological polar surface area (TPSA) is 237 Å². The molecule has 0 rings (SSSR count). The predicted molar refractivity (Wildman–Crippen MR) is 408 cm³/mol. The van der Waals surface area contributed by atoms with Gasteiger partial charge in [-0.1, -0.05) is 257 Å². The van der Waals surface area contributed by atoms with Crippen LogP contribution in [-0.2, 0) is 65.4 Å². The summed E-state index contributed by atoms with van der Waals surface area (Å²) in [4.78, 5) is 72.8. The van der Waals surface area contributed by atoms with Crippen LogP contribution >= 0.6 is 15.6 Å². The second kappa shape index (κ2) is 72.3. The number of hydrogen-bond donors (Lipinski definition) is 3. The van der Waals surface area contributed by atoms with E-state index in [1.54, 1.807) is 0 Å². The number of aliphatic hydroxyl groups is 1. The predicted octanol–water partition coefficient (Wildman–Crippen LogP) is 21.9. The zero-order chi connectivity index (χ0) is 73.2. The minimum Gasteiger partial charge on any atom is -0.462 e. The summed E-state index contributed by atoms with van der Waals surface area (Å²) in [6.07, 6.45) is 81.4. The van der Waals surface area contributed by atoms with Crippen molar-refractivity contribution in [2.75, 3.05) is 39.6 Å². The smallest absolute Gasteiger partial charge is 0.462 e. The Morgan fingerprint density at radius 2 is 0.560 bits per heavy atom. The van der Waals surface area contributed by atoms with E-state index in [-0.39, 0.29) is 25.7 Å². The highest BCUT2D eigenvalue weighted by Gasteiger charge is 2.30. The monoisotopic (exact) mass is 1440 g/mol. The molecule has 3 N–H and O–H groups in total. The summed E-state index contributed by atoms with van der Waals surface area (Å²) in [6, 6.07) is 0. The van der Waals surface area contributed by atoms with Gasteiger partial charge in [-0.2, -0.15) is 0 Å². The van der Waals surface area contributed by atoms with Gasteiger partial charge in [0.05, 0.1) is 26.4 Å². The van der Waals surface area contributed by atoms with E-state index >= 15 is 0 Å². The number of esters is 4. The number of aliphatic hydroxyl groups excluding tert-OH is 1. The first-order chi connectivity index (χ1) is 48.7. The molecule has 0 spiro atoms. The minimum absolute atomic E-state index is 0.0288. The minimum atomic E-state index is -5.00. The lowest BCUT2D eigenvalue weighted by Gasteiger charge is -2.21. The Labute approximate surface area is 605 Å². The zero-order valence-electron chi connectivity index (χ0n) is 62.1. The third kappa shape index (κ3) is 71.3. The molecule has 17 nitrogen and oxygen atoms in total. The average Bonchev–Trinajstić information content (AvgIpc) is 0.935. The Morgan fingerprint density at radius 1 is 0.290 bits per heavy atom. The van der Waals surface area contributed by atoms with Gasteiger partial charge in [-0.15, -0.1) is 0 Å². The maximum Gasteiger partial charge on any atom is 0.472 e. The van der Waals surface area contributed by atoms with Crippen LogP contribution in [0, 0.1) is 0 Å². The summed E-state index contributed by atoms with van der Waals surface area (Å²) < 4.78 is 68.3.